The first-order valence-electron chi connectivity index (χ1n) is 11.0. The van der Waals surface area contributed by atoms with Crippen LogP contribution in [0.5, 0.6) is 0 Å². The zero-order chi connectivity index (χ0) is 26.8. The minimum Gasteiger partial charge on any atom is -0.438 e. The lowest BCUT2D eigenvalue weighted by molar-refractivity contribution is -0.151. The quantitative estimate of drug-likeness (QED) is 0.184. The minimum absolute atomic E-state index is 0.113. The van der Waals surface area contributed by atoms with Crippen LogP contribution >= 0.6 is 19.2 Å². The number of fused-ring (bicyclic) bond motifs is 1. The first kappa shape index (κ1) is 28.4. The molecular formula is C24H25FNO9PS. The standard InChI is InChI=1S/C24H25FNO9PS/c1-16(27)31-14-34-36(30,35-15-32-17(2)28)33-13-21(11-18-6-5-8-20(25)10-18)26-24(29)23-12-19-7-3-4-9-22(19)37-23/h3-10,12,21H,11,13-15H2,1-2H3,(H,26,29)/t21-/m1/s1. The fourth-order valence-electron chi connectivity index (χ4n) is 3.09. The van der Waals surface area contributed by atoms with Crippen molar-refractivity contribution in [2.24, 2.45) is 0 Å². The molecule has 1 N–H and O–H groups in total. The fourth-order valence-corrected chi connectivity index (χ4v) is 5.01. The first-order chi connectivity index (χ1) is 17.6. The van der Waals surface area contributed by atoms with Gasteiger partial charge in [-0.15, -0.1) is 11.3 Å². The molecule has 0 spiro atoms. The Labute approximate surface area is 216 Å². The van der Waals surface area contributed by atoms with E-state index in [1.807, 2.05) is 24.3 Å². The number of carbonyl (C=O) groups is 3. The fraction of sp³-hybridized carbons (Fsp3) is 0.292. The lowest BCUT2D eigenvalue weighted by atomic mass is 10.1. The van der Waals surface area contributed by atoms with Gasteiger partial charge in [-0.2, -0.15) is 0 Å². The molecule has 3 rings (SSSR count). The molecule has 37 heavy (non-hydrogen) atoms. The predicted octanol–water partition coefficient (Wildman–Crippen LogP) is 4.58. The molecule has 2 aromatic carbocycles. The van der Waals surface area contributed by atoms with Crippen molar-refractivity contribution in [2.75, 3.05) is 20.2 Å². The highest BCUT2D eigenvalue weighted by Gasteiger charge is 2.30. The number of phosphoric ester groups is 1. The van der Waals surface area contributed by atoms with E-state index in [0.717, 1.165) is 23.9 Å². The zero-order valence-corrected chi connectivity index (χ0v) is 21.7. The van der Waals surface area contributed by atoms with E-state index in [9.17, 15) is 23.3 Å². The molecule has 1 atom stereocenters. The molecule has 0 aliphatic carbocycles. The summed E-state index contributed by atoms with van der Waals surface area (Å²) in [6.45, 7) is 0.330. The molecule has 3 aromatic rings. The number of ether oxygens (including phenoxy) is 2. The van der Waals surface area contributed by atoms with Crippen LogP contribution in [0.3, 0.4) is 0 Å². The number of hydrogen-bond acceptors (Lipinski definition) is 10. The van der Waals surface area contributed by atoms with Gasteiger partial charge < -0.3 is 14.8 Å². The molecular weight excluding hydrogens is 528 g/mol. The SMILES string of the molecule is CC(=O)OCOP(=O)(OCOC(C)=O)OC[C@@H](Cc1cccc(F)c1)NC(=O)c1cc2ccccc2s1. The molecule has 198 valence electrons. The van der Waals surface area contributed by atoms with Crippen LogP contribution in [0.1, 0.15) is 29.1 Å². The van der Waals surface area contributed by atoms with Gasteiger partial charge in [0.25, 0.3) is 5.91 Å². The summed E-state index contributed by atoms with van der Waals surface area (Å²) in [5, 5.41) is 3.71. The maximum absolute atomic E-state index is 13.8. The van der Waals surface area contributed by atoms with Crippen molar-refractivity contribution >= 4 is 47.1 Å². The number of halogens is 1. The molecule has 0 radical (unpaired) electrons. The number of rotatable bonds is 13. The Hall–Kier alpha value is -3.15. The number of phosphoric acid groups is 1. The van der Waals surface area contributed by atoms with Crippen LogP contribution in [0.2, 0.25) is 0 Å². The Bertz CT molecular complexity index is 1240. The van der Waals surface area contributed by atoms with E-state index in [2.05, 4.69) is 14.8 Å². The minimum atomic E-state index is -4.42. The van der Waals surface area contributed by atoms with E-state index in [0.29, 0.717) is 10.4 Å². The van der Waals surface area contributed by atoms with Crippen molar-refractivity contribution in [1.82, 2.24) is 5.32 Å². The van der Waals surface area contributed by atoms with Gasteiger partial charge in [0, 0.05) is 18.5 Å². The summed E-state index contributed by atoms with van der Waals surface area (Å²) in [5.74, 6) is -2.28. The highest BCUT2D eigenvalue weighted by Crippen LogP contribution is 2.49. The summed E-state index contributed by atoms with van der Waals surface area (Å²) in [6.07, 6.45) is 0.113. The average Bonchev–Trinajstić information content (AvgIpc) is 3.27. The number of carbonyl (C=O) groups excluding carboxylic acids is 3. The van der Waals surface area contributed by atoms with Crippen molar-refractivity contribution < 1.29 is 46.4 Å². The number of esters is 2. The van der Waals surface area contributed by atoms with Gasteiger partial charge in [-0.1, -0.05) is 30.3 Å². The second-order valence-corrected chi connectivity index (χ2v) is 10.4. The number of thiophene rings is 1. The van der Waals surface area contributed by atoms with Gasteiger partial charge in [0.2, 0.25) is 13.6 Å². The van der Waals surface area contributed by atoms with Gasteiger partial charge in [-0.05, 0) is 41.6 Å². The summed E-state index contributed by atoms with van der Waals surface area (Å²) < 4.78 is 52.3. The number of nitrogens with one attached hydrogen (secondary N) is 1. The molecule has 0 unspecified atom stereocenters. The molecule has 1 aromatic heterocycles. The molecule has 0 aliphatic heterocycles. The lowest BCUT2D eigenvalue weighted by Gasteiger charge is -2.22. The van der Waals surface area contributed by atoms with E-state index in [1.54, 1.807) is 12.1 Å². The second kappa shape index (κ2) is 13.4. The summed E-state index contributed by atoms with van der Waals surface area (Å²) in [7, 11) is -4.42. The molecule has 1 heterocycles. The molecule has 1 amide bonds. The van der Waals surface area contributed by atoms with E-state index < -0.39 is 57.7 Å². The Morgan fingerprint density at radius 2 is 1.62 bits per heavy atom. The summed E-state index contributed by atoms with van der Waals surface area (Å²) in [5.41, 5.74) is 0.543. The van der Waals surface area contributed by atoms with Crippen molar-refractivity contribution in [3.63, 3.8) is 0 Å². The Morgan fingerprint density at radius 3 is 2.24 bits per heavy atom. The smallest absolute Gasteiger partial charge is 0.438 e. The summed E-state index contributed by atoms with van der Waals surface area (Å²) >= 11 is 1.29. The van der Waals surface area contributed by atoms with Gasteiger partial charge in [0.05, 0.1) is 17.5 Å². The third kappa shape index (κ3) is 9.34. The van der Waals surface area contributed by atoms with Gasteiger partial charge in [0.15, 0.2) is 0 Å². The second-order valence-electron chi connectivity index (χ2n) is 7.66. The van der Waals surface area contributed by atoms with Gasteiger partial charge >= 0.3 is 19.8 Å². The molecule has 13 heteroatoms. The van der Waals surface area contributed by atoms with Crippen LogP contribution in [-0.2, 0) is 43.6 Å². The van der Waals surface area contributed by atoms with Crippen LogP contribution < -0.4 is 5.32 Å². The van der Waals surface area contributed by atoms with Crippen LogP contribution in [0, 0.1) is 5.82 Å². The molecule has 0 bridgehead atoms. The molecule has 0 saturated heterocycles. The number of hydrogen-bond donors (Lipinski definition) is 1. The number of benzene rings is 2. The maximum atomic E-state index is 13.8. The highest BCUT2D eigenvalue weighted by atomic mass is 32.1. The Morgan fingerprint density at radius 1 is 0.946 bits per heavy atom. The van der Waals surface area contributed by atoms with Crippen molar-refractivity contribution in [2.45, 2.75) is 26.3 Å². The van der Waals surface area contributed by atoms with E-state index in [-0.39, 0.29) is 6.42 Å². The van der Waals surface area contributed by atoms with Crippen LogP contribution in [0.15, 0.2) is 54.6 Å². The third-order valence-corrected chi connectivity index (χ3v) is 7.16. The van der Waals surface area contributed by atoms with E-state index in [1.165, 1.54) is 29.5 Å². The molecule has 0 aliphatic rings. The van der Waals surface area contributed by atoms with Crippen LogP contribution in [0.4, 0.5) is 4.39 Å². The zero-order valence-electron chi connectivity index (χ0n) is 20.0. The molecule has 0 fully saturated rings. The normalized spacial score (nSPS) is 12.2. The summed E-state index contributed by atoms with van der Waals surface area (Å²) in [6, 6.07) is 14.2. The van der Waals surface area contributed by atoms with Crippen LogP contribution in [0.25, 0.3) is 10.1 Å². The van der Waals surface area contributed by atoms with Crippen molar-refractivity contribution in [1.29, 1.82) is 0 Å². The predicted molar refractivity (Wildman–Crippen MR) is 132 cm³/mol. The molecule has 10 nitrogen and oxygen atoms in total. The monoisotopic (exact) mass is 553 g/mol. The summed E-state index contributed by atoms with van der Waals surface area (Å²) in [4.78, 5) is 35.5. The lowest BCUT2D eigenvalue weighted by Crippen LogP contribution is -2.39. The largest absolute Gasteiger partial charge is 0.480 e. The third-order valence-electron chi connectivity index (χ3n) is 4.74. The highest BCUT2D eigenvalue weighted by molar-refractivity contribution is 7.48. The Balaban J connectivity index is 1.75. The molecule has 0 saturated carbocycles. The van der Waals surface area contributed by atoms with Gasteiger partial charge in [0.1, 0.15) is 5.82 Å². The van der Waals surface area contributed by atoms with Gasteiger partial charge in [-0.25, -0.2) is 18.0 Å². The number of amides is 1. The average molecular weight is 554 g/mol. The topological polar surface area (TPSA) is 126 Å². The first-order valence-corrected chi connectivity index (χ1v) is 13.3. The van der Waals surface area contributed by atoms with Crippen LogP contribution in [-0.4, -0.2) is 44.1 Å². The maximum Gasteiger partial charge on any atom is 0.480 e. The van der Waals surface area contributed by atoms with E-state index >= 15 is 0 Å². The van der Waals surface area contributed by atoms with E-state index in [4.69, 9.17) is 13.6 Å². The van der Waals surface area contributed by atoms with Gasteiger partial charge in [-0.3, -0.25) is 18.9 Å². The van der Waals surface area contributed by atoms with Crippen molar-refractivity contribution in [3.8, 4) is 0 Å². The van der Waals surface area contributed by atoms with Crippen molar-refractivity contribution in [3.05, 3.63) is 70.9 Å². The Kier molecular flexibility index (Phi) is 10.3.